The Kier molecular flexibility index (Phi) is 4.65. The molecule has 0 unspecified atom stereocenters. The molecular formula is C16H24N2O2. The molecule has 0 aromatic heterocycles. The Hall–Kier alpha value is -1.55. The normalized spacial score (nSPS) is 14.7. The van der Waals surface area contributed by atoms with Crippen LogP contribution in [0.1, 0.15) is 38.7 Å². The van der Waals surface area contributed by atoms with Crippen LogP contribution in [0, 0.1) is 5.41 Å². The molecule has 0 saturated carbocycles. The van der Waals surface area contributed by atoms with Crippen LogP contribution in [0.25, 0.3) is 0 Å². The quantitative estimate of drug-likeness (QED) is 0.785. The number of carbonyl (C=O) groups excluding carboxylic acids is 1. The minimum absolute atomic E-state index is 0.0928. The summed E-state index contributed by atoms with van der Waals surface area (Å²) in [6, 6.07) is 5.87. The molecule has 1 aromatic rings. The van der Waals surface area contributed by atoms with Gasteiger partial charge in [-0.3, -0.25) is 4.79 Å². The number of nitrogens with two attached hydrogens (primary N) is 1. The first-order chi connectivity index (χ1) is 9.50. The maximum absolute atomic E-state index is 11.3. The van der Waals surface area contributed by atoms with Gasteiger partial charge in [0.15, 0.2) is 0 Å². The molecule has 1 aromatic carbocycles. The predicted octanol–water partition coefficient (Wildman–Crippen LogP) is 2.72. The molecule has 1 heterocycles. The van der Waals surface area contributed by atoms with Gasteiger partial charge in [0.25, 0.3) is 0 Å². The number of amides is 1. The lowest BCUT2D eigenvalue weighted by atomic mass is 9.88. The second-order valence-electron chi connectivity index (χ2n) is 6.19. The summed E-state index contributed by atoms with van der Waals surface area (Å²) in [4.78, 5) is 11.3. The maximum atomic E-state index is 11.3. The summed E-state index contributed by atoms with van der Waals surface area (Å²) in [5, 5.41) is 2.87. The van der Waals surface area contributed by atoms with Crippen molar-refractivity contribution in [3.63, 3.8) is 0 Å². The minimum atomic E-state index is 0.0928. The van der Waals surface area contributed by atoms with Crippen LogP contribution in [0.5, 0.6) is 5.75 Å². The van der Waals surface area contributed by atoms with Crippen LogP contribution in [0.3, 0.4) is 0 Å². The average molecular weight is 276 g/mol. The van der Waals surface area contributed by atoms with Crippen molar-refractivity contribution < 1.29 is 9.53 Å². The van der Waals surface area contributed by atoms with Crippen LogP contribution in [-0.4, -0.2) is 19.1 Å². The number of hydrogen-bond acceptors (Lipinski definition) is 3. The Morgan fingerprint density at radius 3 is 2.90 bits per heavy atom. The molecular weight excluding hydrogens is 252 g/mol. The third kappa shape index (κ3) is 3.97. The molecule has 1 aliphatic rings. The Balaban J connectivity index is 1.84. The fraction of sp³-hybridized carbons (Fsp3) is 0.562. The van der Waals surface area contributed by atoms with Gasteiger partial charge in [-0.1, -0.05) is 13.8 Å². The first-order valence-electron chi connectivity index (χ1n) is 7.26. The van der Waals surface area contributed by atoms with Gasteiger partial charge in [0.2, 0.25) is 5.91 Å². The molecule has 110 valence electrons. The van der Waals surface area contributed by atoms with E-state index in [9.17, 15) is 4.79 Å². The van der Waals surface area contributed by atoms with Crippen molar-refractivity contribution in [1.82, 2.24) is 0 Å². The summed E-state index contributed by atoms with van der Waals surface area (Å²) < 4.78 is 5.79. The molecule has 1 aliphatic heterocycles. The van der Waals surface area contributed by atoms with Crippen LogP contribution >= 0.6 is 0 Å². The number of rotatable bonds is 6. The Labute approximate surface area is 120 Å². The molecule has 0 atom stereocenters. The zero-order valence-electron chi connectivity index (χ0n) is 12.4. The van der Waals surface area contributed by atoms with Crippen LogP contribution in [0.2, 0.25) is 0 Å². The zero-order chi connectivity index (χ0) is 14.6. The summed E-state index contributed by atoms with van der Waals surface area (Å²) >= 11 is 0. The number of ether oxygens (including phenoxy) is 1. The van der Waals surface area contributed by atoms with Gasteiger partial charge in [-0.05, 0) is 55.0 Å². The lowest BCUT2D eigenvalue weighted by Crippen LogP contribution is -2.24. The molecule has 0 bridgehead atoms. The monoisotopic (exact) mass is 276 g/mol. The van der Waals surface area contributed by atoms with E-state index in [0.29, 0.717) is 19.6 Å². The fourth-order valence-electron chi connectivity index (χ4n) is 2.29. The summed E-state index contributed by atoms with van der Waals surface area (Å²) in [7, 11) is 0. The van der Waals surface area contributed by atoms with Crippen molar-refractivity contribution in [2.45, 2.75) is 39.5 Å². The number of carbonyl (C=O) groups is 1. The highest BCUT2D eigenvalue weighted by Crippen LogP contribution is 2.27. The van der Waals surface area contributed by atoms with E-state index in [2.05, 4.69) is 19.2 Å². The lowest BCUT2D eigenvalue weighted by Gasteiger charge is -2.22. The van der Waals surface area contributed by atoms with E-state index in [0.717, 1.165) is 36.3 Å². The van der Waals surface area contributed by atoms with Crippen molar-refractivity contribution in [2.24, 2.45) is 11.1 Å². The highest BCUT2D eigenvalue weighted by Gasteiger charge is 2.16. The van der Waals surface area contributed by atoms with Crippen molar-refractivity contribution in [1.29, 1.82) is 0 Å². The van der Waals surface area contributed by atoms with E-state index in [4.69, 9.17) is 10.5 Å². The molecule has 0 fully saturated rings. The van der Waals surface area contributed by atoms with Gasteiger partial charge in [-0.25, -0.2) is 0 Å². The molecule has 0 radical (unpaired) electrons. The van der Waals surface area contributed by atoms with Crippen molar-refractivity contribution in [2.75, 3.05) is 18.5 Å². The van der Waals surface area contributed by atoms with E-state index in [1.807, 2.05) is 18.2 Å². The number of nitrogens with one attached hydrogen (secondary N) is 1. The first-order valence-corrected chi connectivity index (χ1v) is 7.26. The smallest absolute Gasteiger partial charge is 0.224 e. The zero-order valence-corrected chi connectivity index (χ0v) is 12.4. The maximum Gasteiger partial charge on any atom is 0.224 e. The second kappa shape index (κ2) is 6.27. The molecule has 2 rings (SSSR count). The fourth-order valence-corrected chi connectivity index (χ4v) is 2.29. The number of fused-ring (bicyclic) bond motifs is 1. The van der Waals surface area contributed by atoms with Gasteiger partial charge in [0.05, 0.1) is 6.61 Å². The van der Waals surface area contributed by atoms with Gasteiger partial charge in [0, 0.05) is 12.1 Å². The summed E-state index contributed by atoms with van der Waals surface area (Å²) in [5.41, 5.74) is 7.97. The van der Waals surface area contributed by atoms with E-state index in [1.54, 1.807) is 0 Å². The largest absolute Gasteiger partial charge is 0.494 e. The van der Waals surface area contributed by atoms with Gasteiger partial charge in [-0.15, -0.1) is 0 Å². The van der Waals surface area contributed by atoms with Crippen molar-refractivity contribution >= 4 is 11.6 Å². The number of anilines is 1. The second-order valence-corrected chi connectivity index (χ2v) is 6.19. The van der Waals surface area contributed by atoms with E-state index in [-0.39, 0.29) is 11.3 Å². The lowest BCUT2D eigenvalue weighted by molar-refractivity contribution is -0.116. The van der Waals surface area contributed by atoms with Gasteiger partial charge >= 0.3 is 0 Å². The highest BCUT2D eigenvalue weighted by molar-refractivity contribution is 5.93. The van der Waals surface area contributed by atoms with Crippen LogP contribution < -0.4 is 15.8 Å². The summed E-state index contributed by atoms with van der Waals surface area (Å²) in [5.74, 6) is 0.973. The molecule has 4 nitrogen and oxygen atoms in total. The van der Waals surface area contributed by atoms with Crippen LogP contribution in [0.4, 0.5) is 5.69 Å². The number of aryl methyl sites for hydroxylation is 1. The molecule has 0 aliphatic carbocycles. The van der Waals surface area contributed by atoms with Crippen LogP contribution in [-0.2, 0) is 11.2 Å². The molecule has 4 heteroatoms. The molecule has 20 heavy (non-hydrogen) atoms. The predicted molar refractivity (Wildman–Crippen MR) is 81.0 cm³/mol. The highest BCUT2D eigenvalue weighted by atomic mass is 16.5. The van der Waals surface area contributed by atoms with Crippen molar-refractivity contribution in [3.8, 4) is 5.75 Å². The molecule has 3 N–H and O–H groups in total. The Morgan fingerprint density at radius 1 is 1.35 bits per heavy atom. The van der Waals surface area contributed by atoms with Gasteiger partial charge < -0.3 is 15.8 Å². The standard InChI is InChI=1S/C16H24N2O2/c1-16(2,11-17)8-3-9-20-13-5-6-14-12(10-13)4-7-15(19)18-14/h5-6,10H,3-4,7-9,11,17H2,1-2H3,(H,18,19). The van der Waals surface area contributed by atoms with Gasteiger partial charge in [0.1, 0.15) is 5.75 Å². The average Bonchev–Trinajstić information content (AvgIpc) is 2.43. The molecule has 1 amide bonds. The van der Waals surface area contributed by atoms with E-state index in [1.165, 1.54) is 0 Å². The van der Waals surface area contributed by atoms with Gasteiger partial charge in [-0.2, -0.15) is 0 Å². The summed E-state index contributed by atoms with van der Waals surface area (Å²) in [6.07, 6.45) is 3.40. The topological polar surface area (TPSA) is 64.3 Å². The molecule has 0 saturated heterocycles. The number of hydrogen-bond donors (Lipinski definition) is 2. The SMILES string of the molecule is CC(C)(CN)CCCOc1ccc2c(c1)CCC(=O)N2. The minimum Gasteiger partial charge on any atom is -0.494 e. The third-order valence-corrected chi connectivity index (χ3v) is 3.79. The summed E-state index contributed by atoms with van der Waals surface area (Å²) in [6.45, 7) is 5.75. The van der Waals surface area contributed by atoms with E-state index >= 15 is 0 Å². The number of benzene rings is 1. The Morgan fingerprint density at radius 2 is 2.15 bits per heavy atom. The first kappa shape index (κ1) is 14.9. The third-order valence-electron chi connectivity index (χ3n) is 3.79. The van der Waals surface area contributed by atoms with Crippen LogP contribution in [0.15, 0.2) is 18.2 Å². The van der Waals surface area contributed by atoms with E-state index < -0.39 is 0 Å². The molecule has 0 spiro atoms. The van der Waals surface area contributed by atoms with Crippen molar-refractivity contribution in [3.05, 3.63) is 23.8 Å². The Bertz CT molecular complexity index is 483.